The van der Waals surface area contributed by atoms with Crippen LogP contribution in [-0.2, 0) is 11.3 Å². The van der Waals surface area contributed by atoms with Gasteiger partial charge >= 0.3 is 0 Å². The first-order valence-corrected chi connectivity index (χ1v) is 10.2. The standard InChI is InChI=1S/C23H28N4O2/c1-14-7-5-8-18(11-14)12-24-22(28)19-9-6-10-27(13-19)21-20-15(2)16(3)29-23(20)26-17(4)25-21/h5,7-8,11,19H,6,9-10,12-13H2,1-4H3,(H,24,28). The number of furan rings is 1. The average Bonchev–Trinajstić information content (AvgIpc) is 2.99. The van der Waals surface area contributed by atoms with E-state index in [9.17, 15) is 4.79 Å². The van der Waals surface area contributed by atoms with E-state index < -0.39 is 0 Å². The highest BCUT2D eigenvalue weighted by Crippen LogP contribution is 2.33. The van der Waals surface area contributed by atoms with Gasteiger partial charge in [0.05, 0.1) is 11.3 Å². The van der Waals surface area contributed by atoms with Gasteiger partial charge in [-0.3, -0.25) is 4.79 Å². The Morgan fingerprint density at radius 1 is 1.24 bits per heavy atom. The van der Waals surface area contributed by atoms with Gasteiger partial charge in [-0.2, -0.15) is 4.98 Å². The molecular weight excluding hydrogens is 364 g/mol. The van der Waals surface area contributed by atoms with Crippen LogP contribution in [0.3, 0.4) is 0 Å². The first-order valence-electron chi connectivity index (χ1n) is 10.2. The van der Waals surface area contributed by atoms with Crippen molar-refractivity contribution in [2.24, 2.45) is 5.92 Å². The second kappa shape index (κ2) is 7.85. The summed E-state index contributed by atoms with van der Waals surface area (Å²) in [6.45, 7) is 10.0. The maximum atomic E-state index is 12.8. The monoisotopic (exact) mass is 392 g/mol. The Kier molecular flexibility index (Phi) is 5.26. The molecule has 3 heterocycles. The molecule has 0 bridgehead atoms. The zero-order valence-electron chi connectivity index (χ0n) is 17.6. The molecule has 1 saturated heterocycles. The van der Waals surface area contributed by atoms with Gasteiger partial charge in [-0.25, -0.2) is 4.98 Å². The van der Waals surface area contributed by atoms with Crippen molar-refractivity contribution in [1.82, 2.24) is 15.3 Å². The first-order chi connectivity index (χ1) is 13.9. The molecule has 1 amide bonds. The van der Waals surface area contributed by atoms with Gasteiger partial charge in [-0.1, -0.05) is 29.8 Å². The lowest BCUT2D eigenvalue weighted by Crippen LogP contribution is -2.43. The molecule has 1 unspecified atom stereocenters. The highest BCUT2D eigenvalue weighted by atomic mass is 16.3. The average molecular weight is 393 g/mol. The van der Waals surface area contributed by atoms with Crippen molar-refractivity contribution in [2.75, 3.05) is 18.0 Å². The highest BCUT2D eigenvalue weighted by molar-refractivity contribution is 5.90. The fourth-order valence-electron chi connectivity index (χ4n) is 4.10. The van der Waals surface area contributed by atoms with Crippen LogP contribution >= 0.6 is 0 Å². The number of carbonyl (C=O) groups is 1. The smallest absolute Gasteiger partial charge is 0.231 e. The number of anilines is 1. The molecule has 1 aliphatic heterocycles. The third kappa shape index (κ3) is 3.97. The van der Waals surface area contributed by atoms with Gasteiger partial charge in [0.15, 0.2) is 0 Å². The quantitative estimate of drug-likeness (QED) is 0.727. The summed E-state index contributed by atoms with van der Waals surface area (Å²) in [5.74, 6) is 2.50. The van der Waals surface area contributed by atoms with Crippen LogP contribution in [0.2, 0.25) is 0 Å². The first kappa shape index (κ1) is 19.4. The van der Waals surface area contributed by atoms with E-state index in [4.69, 9.17) is 9.40 Å². The molecule has 1 aromatic carbocycles. The minimum atomic E-state index is -0.0489. The van der Waals surface area contributed by atoms with Gasteiger partial charge in [0.25, 0.3) is 0 Å². The summed E-state index contributed by atoms with van der Waals surface area (Å²) in [7, 11) is 0. The molecular formula is C23H28N4O2. The maximum absolute atomic E-state index is 12.8. The number of benzene rings is 1. The van der Waals surface area contributed by atoms with Gasteiger partial charge in [0, 0.05) is 25.2 Å². The molecule has 1 N–H and O–H groups in total. The highest BCUT2D eigenvalue weighted by Gasteiger charge is 2.29. The van der Waals surface area contributed by atoms with E-state index in [0.717, 1.165) is 47.5 Å². The maximum Gasteiger partial charge on any atom is 0.231 e. The SMILES string of the molecule is Cc1cccc(CNC(=O)C2CCCN(c3nc(C)nc4oc(C)c(C)c34)C2)c1. The van der Waals surface area contributed by atoms with Crippen molar-refractivity contribution in [1.29, 1.82) is 0 Å². The number of aromatic nitrogens is 2. The van der Waals surface area contributed by atoms with Crippen LogP contribution in [0, 0.1) is 33.6 Å². The van der Waals surface area contributed by atoms with Crippen LogP contribution in [0.4, 0.5) is 5.82 Å². The number of rotatable bonds is 4. The van der Waals surface area contributed by atoms with E-state index in [0.29, 0.717) is 24.6 Å². The zero-order valence-corrected chi connectivity index (χ0v) is 17.6. The van der Waals surface area contributed by atoms with Gasteiger partial charge < -0.3 is 14.6 Å². The molecule has 0 spiro atoms. The Balaban J connectivity index is 1.51. The Hall–Kier alpha value is -2.89. The lowest BCUT2D eigenvalue weighted by Gasteiger charge is -2.33. The molecule has 2 aromatic heterocycles. The Bertz CT molecular complexity index is 1060. The predicted octanol–water partition coefficient (Wildman–Crippen LogP) is 3.99. The van der Waals surface area contributed by atoms with Crippen LogP contribution in [0.1, 0.15) is 41.1 Å². The molecule has 6 heteroatoms. The van der Waals surface area contributed by atoms with E-state index in [2.05, 4.69) is 34.3 Å². The van der Waals surface area contributed by atoms with Gasteiger partial charge in [0.2, 0.25) is 11.6 Å². The minimum Gasteiger partial charge on any atom is -0.443 e. The third-order valence-electron chi connectivity index (χ3n) is 5.76. The zero-order chi connectivity index (χ0) is 20.5. The molecule has 0 saturated carbocycles. The molecule has 1 aliphatic rings. The van der Waals surface area contributed by atoms with Gasteiger partial charge in [-0.15, -0.1) is 0 Å². The predicted molar refractivity (Wildman–Crippen MR) is 114 cm³/mol. The number of nitrogens with one attached hydrogen (secondary N) is 1. The van der Waals surface area contributed by atoms with Crippen LogP contribution in [-0.4, -0.2) is 29.0 Å². The topological polar surface area (TPSA) is 71.3 Å². The third-order valence-corrected chi connectivity index (χ3v) is 5.76. The summed E-state index contributed by atoms with van der Waals surface area (Å²) < 4.78 is 5.83. The van der Waals surface area contributed by atoms with E-state index >= 15 is 0 Å². The Morgan fingerprint density at radius 2 is 2.07 bits per heavy atom. The molecule has 0 aliphatic carbocycles. The fraction of sp³-hybridized carbons (Fsp3) is 0.435. The normalized spacial score (nSPS) is 17.0. The molecule has 6 nitrogen and oxygen atoms in total. The molecule has 0 radical (unpaired) electrons. The Morgan fingerprint density at radius 3 is 2.86 bits per heavy atom. The molecule has 1 atom stereocenters. The molecule has 29 heavy (non-hydrogen) atoms. The van der Waals surface area contributed by atoms with Gasteiger partial charge in [-0.05, 0) is 46.1 Å². The molecule has 1 fully saturated rings. The summed E-state index contributed by atoms with van der Waals surface area (Å²) in [5, 5.41) is 4.08. The van der Waals surface area contributed by atoms with Crippen molar-refractivity contribution >= 4 is 22.8 Å². The number of nitrogens with zero attached hydrogens (tertiary/aromatic N) is 3. The number of piperidine rings is 1. The van der Waals surface area contributed by atoms with Crippen molar-refractivity contribution in [3.8, 4) is 0 Å². The summed E-state index contributed by atoms with van der Waals surface area (Å²) in [6.07, 6.45) is 1.86. The van der Waals surface area contributed by atoms with E-state index in [1.807, 2.05) is 32.9 Å². The Labute approximate surface area is 171 Å². The van der Waals surface area contributed by atoms with Crippen LogP contribution in [0.15, 0.2) is 28.7 Å². The second-order valence-electron chi connectivity index (χ2n) is 8.05. The number of amides is 1. The summed E-state index contributed by atoms with van der Waals surface area (Å²) in [5.41, 5.74) is 4.03. The lowest BCUT2D eigenvalue weighted by molar-refractivity contribution is -0.125. The number of aryl methyl sites for hydroxylation is 4. The van der Waals surface area contributed by atoms with Crippen molar-refractivity contribution < 1.29 is 9.21 Å². The number of fused-ring (bicyclic) bond motifs is 1. The lowest BCUT2D eigenvalue weighted by atomic mass is 9.96. The molecule has 3 aromatic rings. The van der Waals surface area contributed by atoms with E-state index in [1.54, 1.807) is 0 Å². The summed E-state index contributed by atoms with van der Waals surface area (Å²) in [6, 6.07) is 8.24. The van der Waals surface area contributed by atoms with Crippen LogP contribution in [0.5, 0.6) is 0 Å². The summed E-state index contributed by atoms with van der Waals surface area (Å²) >= 11 is 0. The van der Waals surface area contributed by atoms with Crippen molar-refractivity contribution in [3.63, 3.8) is 0 Å². The number of hydrogen-bond donors (Lipinski definition) is 1. The van der Waals surface area contributed by atoms with Crippen molar-refractivity contribution in [3.05, 3.63) is 52.5 Å². The van der Waals surface area contributed by atoms with Gasteiger partial charge in [0.1, 0.15) is 17.4 Å². The number of hydrogen-bond acceptors (Lipinski definition) is 5. The van der Waals surface area contributed by atoms with Crippen LogP contribution < -0.4 is 10.2 Å². The fourth-order valence-corrected chi connectivity index (χ4v) is 4.10. The summed E-state index contributed by atoms with van der Waals surface area (Å²) in [4.78, 5) is 24.2. The molecule has 4 rings (SSSR count). The van der Waals surface area contributed by atoms with E-state index in [-0.39, 0.29) is 11.8 Å². The second-order valence-corrected chi connectivity index (χ2v) is 8.05. The largest absolute Gasteiger partial charge is 0.443 e. The molecule has 152 valence electrons. The van der Waals surface area contributed by atoms with Crippen LogP contribution in [0.25, 0.3) is 11.1 Å². The number of carbonyl (C=O) groups excluding carboxylic acids is 1. The van der Waals surface area contributed by atoms with E-state index in [1.165, 1.54) is 5.56 Å². The van der Waals surface area contributed by atoms with Crippen molar-refractivity contribution in [2.45, 2.75) is 47.1 Å². The minimum absolute atomic E-state index is 0.0489.